The third-order valence-electron chi connectivity index (χ3n) is 3.86. The van der Waals surface area contributed by atoms with Crippen LogP contribution >= 0.6 is 0 Å². The lowest BCUT2D eigenvalue weighted by Crippen LogP contribution is -2.44. The maximum absolute atomic E-state index is 13.3. The van der Waals surface area contributed by atoms with Crippen LogP contribution in [0.25, 0.3) is 10.9 Å². The van der Waals surface area contributed by atoms with Crippen LogP contribution in [0.1, 0.15) is 12.8 Å². The zero-order chi connectivity index (χ0) is 15.7. The largest absolute Gasteiger partial charge is 0.366 e. The Bertz CT molecular complexity index is 794. The maximum atomic E-state index is 13.3. The molecule has 5 nitrogen and oxygen atoms in total. The molecule has 2 aromatic rings. The second-order valence-electron chi connectivity index (χ2n) is 5.64. The van der Waals surface area contributed by atoms with E-state index in [1.807, 2.05) is 12.1 Å². The summed E-state index contributed by atoms with van der Waals surface area (Å²) in [6.45, 7) is 0.995. The van der Waals surface area contributed by atoms with Crippen LogP contribution in [0.15, 0.2) is 30.3 Å². The summed E-state index contributed by atoms with van der Waals surface area (Å²) in [5, 5.41) is 4.12. The average molecular weight is 323 g/mol. The van der Waals surface area contributed by atoms with Gasteiger partial charge in [-0.3, -0.25) is 0 Å². The number of hydrogen-bond acceptors (Lipinski definition) is 4. The molecule has 0 saturated carbocycles. The van der Waals surface area contributed by atoms with Gasteiger partial charge in [0.25, 0.3) is 0 Å². The number of nitrogens with one attached hydrogen (secondary N) is 1. The molecule has 1 N–H and O–H groups in total. The van der Waals surface area contributed by atoms with Crippen LogP contribution in [0.3, 0.4) is 0 Å². The minimum absolute atomic E-state index is 0.0157. The second-order valence-corrected chi connectivity index (χ2v) is 7.62. The Labute approximate surface area is 129 Å². The molecule has 1 unspecified atom stereocenters. The summed E-state index contributed by atoms with van der Waals surface area (Å²) in [6.07, 6.45) is 2.92. The smallest absolute Gasteiger partial charge is 0.211 e. The van der Waals surface area contributed by atoms with E-state index in [-0.39, 0.29) is 11.9 Å². The molecule has 1 saturated heterocycles. The van der Waals surface area contributed by atoms with Gasteiger partial charge >= 0.3 is 0 Å². The summed E-state index contributed by atoms with van der Waals surface area (Å²) < 4.78 is 38.0. The Morgan fingerprint density at radius 2 is 2.09 bits per heavy atom. The van der Waals surface area contributed by atoms with Gasteiger partial charge in [0.15, 0.2) is 0 Å². The van der Waals surface area contributed by atoms with Crippen molar-refractivity contribution in [1.82, 2.24) is 9.29 Å². The van der Waals surface area contributed by atoms with E-state index >= 15 is 0 Å². The van der Waals surface area contributed by atoms with E-state index in [2.05, 4.69) is 10.3 Å². The molecule has 1 aliphatic heterocycles. The van der Waals surface area contributed by atoms with Gasteiger partial charge in [-0.1, -0.05) is 0 Å². The van der Waals surface area contributed by atoms with Crippen LogP contribution in [-0.2, 0) is 10.0 Å². The highest BCUT2D eigenvalue weighted by Gasteiger charge is 2.25. The Kier molecular flexibility index (Phi) is 4.01. The minimum Gasteiger partial charge on any atom is -0.366 e. The summed E-state index contributed by atoms with van der Waals surface area (Å²) in [6, 6.07) is 8.21. The molecule has 3 rings (SSSR count). The number of sulfonamides is 1. The van der Waals surface area contributed by atoms with Crippen molar-refractivity contribution in [3.05, 3.63) is 36.1 Å². The zero-order valence-corrected chi connectivity index (χ0v) is 13.1. The molecule has 1 atom stereocenters. The molecule has 1 fully saturated rings. The fraction of sp³-hybridized carbons (Fsp3) is 0.400. The summed E-state index contributed by atoms with van der Waals surface area (Å²) in [5.41, 5.74) is 0.584. The highest BCUT2D eigenvalue weighted by Crippen LogP contribution is 2.20. The normalized spacial score (nSPS) is 20.2. The predicted octanol–water partition coefficient (Wildman–Crippen LogP) is 2.21. The third-order valence-corrected chi connectivity index (χ3v) is 5.13. The molecule has 1 aromatic carbocycles. The standard InChI is InChI=1S/C15H18FN3O2S/c1-22(20,21)19-8-2-3-13(10-19)17-15-7-5-11-4-6-12(16)9-14(11)18-15/h4-7,9,13H,2-3,8,10H2,1H3,(H,17,18). The summed E-state index contributed by atoms with van der Waals surface area (Å²) in [5.74, 6) is 0.316. The number of anilines is 1. The van der Waals surface area contributed by atoms with Gasteiger partial charge in [-0.25, -0.2) is 22.1 Å². The molecule has 0 radical (unpaired) electrons. The number of hydrogen-bond donors (Lipinski definition) is 1. The van der Waals surface area contributed by atoms with Gasteiger partial charge in [-0.2, -0.15) is 0 Å². The van der Waals surface area contributed by atoms with Gasteiger partial charge in [-0.15, -0.1) is 0 Å². The molecule has 1 aromatic heterocycles. The van der Waals surface area contributed by atoms with Gasteiger partial charge in [-0.05, 0) is 37.1 Å². The molecule has 118 valence electrons. The molecular weight excluding hydrogens is 305 g/mol. The molecule has 1 aliphatic rings. The van der Waals surface area contributed by atoms with Gasteiger partial charge < -0.3 is 5.32 Å². The van der Waals surface area contributed by atoms with E-state index in [1.54, 1.807) is 6.07 Å². The van der Waals surface area contributed by atoms with Crippen LogP contribution < -0.4 is 5.32 Å². The van der Waals surface area contributed by atoms with Crippen LogP contribution in [0.4, 0.5) is 10.2 Å². The first-order valence-electron chi connectivity index (χ1n) is 7.20. The van der Waals surface area contributed by atoms with E-state index in [0.29, 0.717) is 24.4 Å². The molecule has 0 aliphatic carbocycles. The summed E-state index contributed by atoms with van der Waals surface area (Å²) in [7, 11) is -3.17. The molecule has 0 bridgehead atoms. The van der Waals surface area contributed by atoms with Crippen LogP contribution in [0.2, 0.25) is 0 Å². The van der Waals surface area contributed by atoms with E-state index in [1.165, 1.54) is 22.7 Å². The Morgan fingerprint density at radius 3 is 2.86 bits per heavy atom. The lowest BCUT2D eigenvalue weighted by Gasteiger charge is -2.31. The Balaban J connectivity index is 1.78. The van der Waals surface area contributed by atoms with Crippen LogP contribution in [0, 0.1) is 5.82 Å². The lowest BCUT2D eigenvalue weighted by molar-refractivity contribution is 0.329. The van der Waals surface area contributed by atoms with Crippen molar-refractivity contribution in [1.29, 1.82) is 0 Å². The Morgan fingerprint density at radius 1 is 1.32 bits per heavy atom. The number of nitrogens with zero attached hydrogens (tertiary/aromatic N) is 2. The first-order chi connectivity index (χ1) is 10.4. The van der Waals surface area contributed by atoms with E-state index in [4.69, 9.17) is 0 Å². The van der Waals surface area contributed by atoms with Crippen molar-refractivity contribution >= 4 is 26.7 Å². The number of fused-ring (bicyclic) bond motifs is 1. The van der Waals surface area contributed by atoms with Crippen LogP contribution in [0.5, 0.6) is 0 Å². The molecule has 22 heavy (non-hydrogen) atoms. The highest BCUT2D eigenvalue weighted by molar-refractivity contribution is 7.88. The number of halogens is 1. The SMILES string of the molecule is CS(=O)(=O)N1CCCC(Nc2ccc3ccc(F)cc3n2)C1. The van der Waals surface area contributed by atoms with Crippen molar-refractivity contribution in [2.45, 2.75) is 18.9 Å². The van der Waals surface area contributed by atoms with Gasteiger partial charge in [0.2, 0.25) is 10.0 Å². The van der Waals surface area contributed by atoms with Crippen LogP contribution in [-0.4, -0.2) is 43.1 Å². The third kappa shape index (κ3) is 3.36. The fourth-order valence-corrected chi connectivity index (χ4v) is 3.65. The maximum Gasteiger partial charge on any atom is 0.211 e. The number of rotatable bonds is 3. The second kappa shape index (κ2) is 5.81. The van der Waals surface area contributed by atoms with Crippen molar-refractivity contribution < 1.29 is 12.8 Å². The molecular formula is C15H18FN3O2S. The Hall–Kier alpha value is -1.73. The first-order valence-corrected chi connectivity index (χ1v) is 9.05. The molecule has 7 heteroatoms. The van der Waals surface area contributed by atoms with E-state index in [0.717, 1.165) is 18.2 Å². The number of aromatic nitrogens is 1. The summed E-state index contributed by atoms with van der Waals surface area (Å²) in [4.78, 5) is 4.40. The topological polar surface area (TPSA) is 62.3 Å². The average Bonchev–Trinajstić information content (AvgIpc) is 2.46. The lowest BCUT2D eigenvalue weighted by atomic mass is 10.1. The molecule has 0 amide bonds. The van der Waals surface area contributed by atoms with Crippen molar-refractivity contribution in [3.63, 3.8) is 0 Å². The monoisotopic (exact) mass is 323 g/mol. The highest BCUT2D eigenvalue weighted by atomic mass is 32.2. The minimum atomic E-state index is -3.17. The summed E-state index contributed by atoms with van der Waals surface area (Å²) >= 11 is 0. The first kappa shape index (κ1) is 15.2. The van der Waals surface area contributed by atoms with E-state index < -0.39 is 10.0 Å². The quantitative estimate of drug-likeness (QED) is 0.941. The van der Waals surface area contributed by atoms with Gasteiger partial charge in [0.05, 0.1) is 11.8 Å². The van der Waals surface area contributed by atoms with Crippen molar-refractivity contribution in [2.75, 3.05) is 24.7 Å². The number of benzene rings is 1. The molecule has 2 heterocycles. The van der Waals surface area contributed by atoms with Crippen molar-refractivity contribution in [3.8, 4) is 0 Å². The van der Waals surface area contributed by atoms with Gasteiger partial charge in [0.1, 0.15) is 11.6 Å². The van der Waals surface area contributed by atoms with Gasteiger partial charge in [0, 0.05) is 30.6 Å². The fourth-order valence-electron chi connectivity index (χ4n) is 2.74. The van der Waals surface area contributed by atoms with E-state index in [9.17, 15) is 12.8 Å². The molecule has 0 spiro atoms. The van der Waals surface area contributed by atoms with Crippen molar-refractivity contribution in [2.24, 2.45) is 0 Å². The zero-order valence-electron chi connectivity index (χ0n) is 12.3. The number of pyridine rings is 1. The predicted molar refractivity (Wildman–Crippen MR) is 84.8 cm³/mol. The number of piperidine rings is 1.